The van der Waals surface area contributed by atoms with Gasteiger partial charge in [0, 0.05) is 5.41 Å². The van der Waals surface area contributed by atoms with Crippen LogP contribution in [-0.2, 0) is 21.4 Å². The van der Waals surface area contributed by atoms with Crippen LogP contribution in [0.2, 0.25) is 0 Å². The highest BCUT2D eigenvalue weighted by Gasteiger charge is 2.32. The van der Waals surface area contributed by atoms with Gasteiger partial charge in [-0.1, -0.05) is 26.0 Å². The molecule has 0 N–H and O–H groups in total. The van der Waals surface area contributed by atoms with Crippen molar-refractivity contribution in [2.45, 2.75) is 71.6 Å². The Labute approximate surface area is 125 Å². The number of nitrogens with zero attached hydrogens (tertiary/aromatic N) is 3. The normalized spacial score (nSPS) is 22.5. The van der Waals surface area contributed by atoms with Gasteiger partial charge in [0.25, 0.3) is 0 Å². The molecule has 2 rings (SSSR count). The van der Waals surface area contributed by atoms with Crippen molar-refractivity contribution < 1.29 is 14.3 Å². The molecule has 0 aliphatic carbocycles. The van der Waals surface area contributed by atoms with Crippen molar-refractivity contribution in [1.82, 2.24) is 15.0 Å². The van der Waals surface area contributed by atoms with E-state index in [0.717, 1.165) is 18.5 Å². The van der Waals surface area contributed by atoms with E-state index in [9.17, 15) is 4.79 Å². The Bertz CT molecular complexity index is 505. The van der Waals surface area contributed by atoms with Gasteiger partial charge >= 0.3 is 5.97 Å². The first-order chi connectivity index (χ1) is 9.82. The smallest absolute Gasteiger partial charge is 0.360 e. The van der Waals surface area contributed by atoms with Crippen molar-refractivity contribution in [2.24, 2.45) is 0 Å². The molecule has 1 fully saturated rings. The Morgan fingerprint density at radius 1 is 1.43 bits per heavy atom. The number of aromatic nitrogens is 3. The second kappa shape index (κ2) is 6.13. The fourth-order valence-corrected chi connectivity index (χ4v) is 2.73. The maximum atomic E-state index is 12.0. The molecule has 2 atom stereocenters. The number of carbonyl (C=O) groups is 1. The van der Waals surface area contributed by atoms with E-state index in [0.29, 0.717) is 24.9 Å². The Hall–Kier alpha value is -1.43. The molecule has 0 amide bonds. The minimum absolute atomic E-state index is 0.137. The average molecular weight is 295 g/mol. The standard InChI is InChI=1S/C15H25N3O3/c1-6-20-14(19)12-13(15(3,4)5)18(17-16-12)9-11-8-7-10(2)21-11/h10-11H,6-9H2,1-5H3. The lowest BCUT2D eigenvalue weighted by Gasteiger charge is -2.22. The van der Waals surface area contributed by atoms with E-state index < -0.39 is 5.97 Å². The molecule has 1 aromatic rings. The molecule has 2 unspecified atom stereocenters. The van der Waals surface area contributed by atoms with Crippen LogP contribution in [0.5, 0.6) is 0 Å². The molecule has 0 bridgehead atoms. The molecule has 6 heteroatoms. The van der Waals surface area contributed by atoms with Crippen molar-refractivity contribution in [2.75, 3.05) is 6.61 Å². The largest absolute Gasteiger partial charge is 0.461 e. The molecule has 118 valence electrons. The molecule has 2 heterocycles. The van der Waals surface area contributed by atoms with E-state index in [-0.39, 0.29) is 11.5 Å². The summed E-state index contributed by atoms with van der Waals surface area (Å²) in [6.07, 6.45) is 2.51. The summed E-state index contributed by atoms with van der Waals surface area (Å²) in [6.45, 7) is 11.0. The molecule has 0 aromatic carbocycles. The van der Waals surface area contributed by atoms with E-state index >= 15 is 0 Å². The summed E-state index contributed by atoms with van der Waals surface area (Å²) in [4.78, 5) is 12.0. The van der Waals surface area contributed by atoms with Crippen LogP contribution in [0.25, 0.3) is 0 Å². The van der Waals surface area contributed by atoms with Crippen LogP contribution in [0, 0.1) is 0 Å². The number of esters is 1. The van der Waals surface area contributed by atoms with Crippen LogP contribution in [0.1, 0.15) is 63.6 Å². The number of hydrogen-bond acceptors (Lipinski definition) is 5. The van der Waals surface area contributed by atoms with Gasteiger partial charge in [-0.2, -0.15) is 0 Å². The highest BCUT2D eigenvalue weighted by molar-refractivity contribution is 5.88. The lowest BCUT2D eigenvalue weighted by atomic mass is 9.90. The first kappa shape index (κ1) is 15.9. The third kappa shape index (κ3) is 3.61. The lowest BCUT2D eigenvalue weighted by molar-refractivity contribution is 0.0421. The number of rotatable bonds is 4. The summed E-state index contributed by atoms with van der Waals surface area (Å²) in [5, 5.41) is 8.21. The number of carbonyl (C=O) groups excluding carboxylic acids is 1. The van der Waals surface area contributed by atoms with Gasteiger partial charge < -0.3 is 9.47 Å². The van der Waals surface area contributed by atoms with Crippen molar-refractivity contribution in [3.05, 3.63) is 11.4 Å². The molecule has 1 aliphatic heterocycles. The summed E-state index contributed by atoms with van der Waals surface area (Å²) in [5.74, 6) is -0.408. The molecule has 21 heavy (non-hydrogen) atoms. The molecule has 1 aromatic heterocycles. The van der Waals surface area contributed by atoms with Crippen LogP contribution in [-0.4, -0.2) is 39.8 Å². The van der Waals surface area contributed by atoms with Gasteiger partial charge in [0.1, 0.15) is 0 Å². The van der Waals surface area contributed by atoms with Gasteiger partial charge in [0.05, 0.1) is 31.1 Å². The molecule has 0 saturated carbocycles. The molecule has 0 spiro atoms. The van der Waals surface area contributed by atoms with E-state index in [1.54, 1.807) is 11.6 Å². The molecule has 1 aliphatic rings. The zero-order valence-corrected chi connectivity index (χ0v) is 13.5. The lowest BCUT2D eigenvalue weighted by Crippen LogP contribution is -2.26. The molecular formula is C15H25N3O3. The van der Waals surface area contributed by atoms with Crippen LogP contribution >= 0.6 is 0 Å². The SMILES string of the molecule is CCOC(=O)c1nnn(CC2CCC(C)O2)c1C(C)(C)C. The Morgan fingerprint density at radius 3 is 2.67 bits per heavy atom. The number of hydrogen-bond donors (Lipinski definition) is 0. The average Bonchev–Trinajstić information content (AvgIpc) is 2.96. The second-order valence-electron chi connectivity index (χ2n) is 6.59. The van der Waals surface area contributed by atoms with E-state index in [1.807, 2.05) is 20.8 Å². The van der Waals surface area contributed by atoms with Gasteiger partial charge in [-0.15, -0.1) is 5.10 Å². The topological polar surface area (TPSA) is 66.2 Å². The van der Waals surface area contributed by atoms with Crippen LogP contribution in [0.15, 0.2) is 0 Å². The van der Waals surface area contributed by atoms with Crippen molar-refractivity contribution >= 4 is 5.97 Å². The zero-order valence-electron chi connectivity index (χ0n) is 13.5. The van der Waals surface area contributed by atoms with Gasteiger partial charge in [-0.3, -0.25) is 0 Å². The zero-order chi connectivity index (χ0) is 15.6. The molecule has 6 nitrogen and oxygen atoms in total. The Balaban J connectivity index is 2.27. The van der Waals surface area contributed by atoms with Crippen molar-refractivity contribution in [3.8, 4) is 0 Å². The molecule has 1 saturated heterocycles. The van der Waals surface area contributed by atoms with E-state index in [2.05, 4.69) is 17.2 Å². The summed E-state index contributed by atoms with van der Waals surface area (Å²) in [7, 11) is 0. The van der Waals surface area contributed by atoms with Crippen LogP contribution in [0.3, 0.4) is 0 Å². The summed E-state index contributed by atoms with van der Waals surface area (Å²) in [6, 6.07) is 0. The minimum atomic E-state index is -0.408. The maximum absolute atomic E-state index is 12.0. The second-order valence-corrected chi connectivity index (χ2v) is 6.59. The van der Waals surface area contributed by atoms with E-state index in [4.69, 9.17) is 9.47 Å². The predicted molar refractivity (Wildman–Crippen MR) is 78.2 cm³/mol. The quantitative estimate of drug-likeness (QED) is 0.798. The van der Waals surface area contributed by atoms with Crippen molar-refractivity contribution in [3.63, 3.8) is 0 Å². The summed E-state index contributed by atoms with van der Waals surface area (Å²) >= 11 is 0. The Kier molecular flexibility index (Phi) is 4.66. The van der Waals surface area contributed by atoms with E-state index in [1.165, 1.54) is 0 Å². The molecular weight excluding hydrogens is 270 g/mol. The Morgan fingerprint density at radius 2 is 2.14 bits per heavy atom. The predicted octanol–water partition coefficient (Wildman–Crippen LogP) is 2.32. The maximum Gasteiger partial charge on any atom is 0.360 e. The van der Waals surface area contributed by atoms with Gasteiger partial charge in [0.15, 0.2) is 5.69 Å². The van der Waals surface area contributed by atoms with Gasteiger partial charge in [-0.25, -0.2) is 9.48 Å². The fourth-order valence-electron chi connectivity index (χ4n) is 2.73. The molecule has 0 radical (unpaired) electrons. The highest BCUT2D eigenvalue weighted by atomic mass is 16.5. The summed E-state index contributed by atoms with van der Waals surface area (Å²) < 4.78 is 12.7. The van der Waals surface area contributed by atoms with Crippen molar-refractivity contribution in [1.29, 1.82) is 0 Å². The van der Waals surface area contributed by atoms with Crippen LogP contribution in [0.4, 0.5) is 0 Å². The third-order valence-electron chi connectivity index (χ3n) is 3.61. The fraction of sp³-hybridized carbons (Fsp3) is 0.800. The minimum Gasteiger partial charge on any atom is -0.461 e. The van der Waals surface area contributed by atoms with Gasteiger partial charge in [0.2, 0.25) is 0 Å². The summed E-state index contributed by atoms with van der Waals surface area (Å²) in [5.41, 5.74) is 0.884. The third-order valence-corrected chi connectivity index (χ3v) is 3.61. The van der Waals surface area contributed by atoms with Gasteiger partial charge in [-0.05, 0) is 26.7 Å². The first-order valence-electron chi connectivity index (χ1n) is 7.59. The van der Waals surface area contributed by atoms with Crippen LogP contribution < -0.4 is 0 Å². The first-order valence-corrected chi connectivity index (χ1v) is 7.59. The number of ether oxygens (including phenoxy) is 2. The highest BCUT2D eigenvalue weighted by Crippen LogP contribution is 2.27. The monoisotopic (exact) mass is 295 g/mol.